The number of rotatable bonds is 2. The molecule has 0 aromatic heterocycles. The first-order valence-corrected chi connectivity index (χ1v) is 5.44. The van der Waals surface area contributed by atoms with Crippen LogP contribution in [0.3, 0.4) is 0 Å². The van der Waals surface area contributed by atoms with Crippen LogP contribution in [-0.4, -0.2) is 5.78 Å². The highest BCUT2D eigenvalue weighted by Crippen LogP contribution is 2.31. The molecule has 0 amide bonds. The highest BCUT2D eigenvalue weighted by atomic mass is 16.1. The van der Waals surface area contributed by atoms with Crippen molar-refractivity contribution < 1.29 is 4.79 Å². The smallest absolute Gasteiger partial charge is 0.166 e. The lowest BCUT2D eigenvalue weighted by atomic mass is 9.92. The molecule has 0 spiro atoms. The number of hydrogen-bond acceptors (Lipinski definition) is 1. The van der Waals surface area contributed by atoms with E-state index in [4.69, 9.17) is 0 Å². The van der Waals surface area contributed by atoms with Gasteiger partial charge in [0.15, 0.2) is 5.78 Å². The van der Waals surface area contributed by atoms with Gasteiger partial charge < -0.3 is 0 Å². The minimum Gasteiger partial charge on any atom is -0.294 e. The van der Waals surface area contributed by atoms with Crippen LogP contribution in [0.25, 0.3) is 5.57 Å². The van der Waals surface area contributed by atoms with E-state index in [0.29, 0.717) is 0 Å². The lowest BCUT2D eigenvalue weighted by Crippen LogP contribution is -2.10. The van der Waals surface area contributed by atoms with E-state index in [9.17, 15) is 4.79 Å². The maximum Gasteiger partial charge on any atom is 0.166 e. The zero-order chi connectivity index (χ0) is 11.0. The van der Waals surface area contributed by atoms with Gasteiger partial charge in [-0.05, 0) is 30.0 Å². The molecule has 0 aliphatic heterocycles. The summed E-state index contributed by atoms with van der Waals surface area (Å²) in [5.74, 6) is 0.325. The third kappa shape index (κ3) is 1.63. The molecular formula is C14H16O. The molecule has 1 heteroatoms. The average Bonchev–Trinajstić information content (AvgIpc) is 2.59. The molecule has 1 aromatic rings. The Morgan fingerprint density at radius 1 is 1.33 bits per heavy atom. The van der Waals surface area contributed by atoms with Gasteiger partial charge in [0.25, 0.3) is 0 Å². The number of ketones is 1. The van der Waals surface area contributed by atoms with Crippen molar-refractivity contribution in [1.82, 2.24) is 0 Å². The Kier molecular flexibility index (Phi) is 2.47. The van der Waals surface area contributed by atoms with Crippen LogP contribution in [0.5, 0.6) is 0 Å². The summed E-state index contributed by atoms with van der Waals surface area (Å²) in [5, 5.41) is 0. The third-order valence-electron chi connectivity index (χ3n) is 2.96. The van der Waals surface area contributed by atoms with Crippen LogP contribution < -0.4 is 0 Å². The second-order valence-corrected chi connectivity index (χ2v) is 4.45. The Balaban J connectivity index is 2.55. The number of Topliss-reactive ketones (excluding diaryl/α,β-unsaturated/α-hetero) is 1. The first kappa shape index (κ1) is 10.2. The van der Waals surface area contributed by atoms with Crippen LogP contribution in [0.15, 0.2) is 24.3 Å². The van der Waals surface area contributed by atoms with Crippen LogP contribution in [0.1, 0.15) is 42.3 Å². The van der Waals surface area contributed by atoms with E-state index in [1.54, 1.807) is 0 Å². The molecule has 0 atom stereocenters. The topological polar surface area (TPSA) is 17.1 Å². The SMILES string of the molecule is CC1=CCc2cccc(C(=O)C(C)C)c21. The highest BCUT2D eigenvalue weighted by molar-refractivity contribution is 6.02. The summed E-state index contributed by atoms with van der Waals surface area (Å²) in [6.07, 6.45) is 3.17. The monoisotopic (exact) mass is 200 g/mol. The summed E-state index contributed by atoms with van der Waals surface area (Å²) in [5.41, 5.74) is 4.61. The molecule has 0 radical (unpaired) electrons. The van der Waals surface area contributed by atoms with Crippen molar-refractivity contribution in [3.05, 3.63) is 41.0 Å². The van der Waals surface area contributed by atoms with E-state index in [1.807, 2.05) is 26.0 Å². The van der Waals surface area contributed by atoms with E-state index in [0.717, 1.165) is 12.0 Å². The van der Waals surface area contributed by atoms with Gasteiger partial charge >= 0.3 is 0 Å². The number of allylic oxidation sites excluding steroid dienone is 2. The van der Waals surface area contributed by atoms with Crippen molar-refractivity contribution in [3.63, 3.8) is 0 Å². The maximum atomic E-state index is 12.0. The van der Waals surface area contributed by atoms with Gasteiger partial charge in [0.05, 0.1) is 0 Å². The summed E-state index contributed by atoms with van der Waals surface area (Å²) in [6.45, 7) is 5.99. The second kappa shape index (κ2) is 3.65. The number of carbonyl (C=O) groups is 1. The minimum atomic E-state index is 0.0740. The lowest BCUT2D eigenvalue weighted by molar-refractivity contribution is 0.0939. The zero-order valence-electron chi connectivity index (χ0n) is 9.50. The molecule has 15 heavy (non-hydrogen) atoms. The molecule has 78 valence electrons. The van der Waals surface area contributed by atoms with Crippen LogP contribution in [0.4, 0.5) is 0 Å². The van der Waals surface area contributed by atoms with Gasteiger partial charge in [-0.2, -0.15) is 0 Å². The van der Waals surface area contributed by atoms with E-state index in [-0.39, 0.29) is 11.7 Å². The van der Waals surface area contributed by atoms with Gasteiger partial charge in [-0.25, -0.2) is 0 Å². The Morgan fingerprint density at radius 2 is 2.07 bits per heavy atom. The van der Waals surface area contributed by atoms with Crippen molar-refractivity contribution in [1.29, 1.82) is 0 Å². The van der Waals surface area contributed by atoms with Crippen molar-refractivity contribution in [3.8, 4) is 0 Å². The predicted molar refractivity (Wildman–Crippen MR) is 63.0 cm³/mol. The van der Waals surface area contributed by atoms with Crippen LogP contribution in [0, 0.1) is 5.92 Å². The molecular weight excluding hydrogens is 184 g/mol. The molecule has 0 heterocycles. The summed E-state index contributed by atoms with van der Waals surface area (Å²) >= 11 is 0. The number of fused-ring (bicyclic) bond motifs is 1. The zero-order valence-corrected chi connectivity index (χ0v) is 9.50. The van der Waals surface area contributed by atoms with Gasteiger partial charge in [-0.3, -0.25) is 4.79 Å². The van der Waals surface area contributed by atoms with Gasteiger partial charge in [0.2, 0.25) is 0 Å². The molecule has 0 unspecified atom stereocenters. The Labute approximate surface area is 90.8 Å². The minimum absolute atomic E-state index is 0.0740. The Bertz CT molecular complexity index is 439. The number of carbonyl (C=O) groups excluding carboxylic acids is 1. The molecule has 0 saturated heterocycles. The largest absolute Gasteiger partial charge is 0.294 e. The fourth-order valence-electron chi connectivity index (χ4n) is 2.12. The van der Waals surface area contributed by atoms with E-state index in [1.165, 1.54) is 16.7 Å². The maximum absolute atomic E-state index is 12.0. The Hall–Kier alpha value is -1.37. The van der Waals surface area contributed by atoms with Crippen molar-refractivity contribution in [2.24, 2.45) is 5.92 Å². The fourth-order valence-corrected chi connectivity index (χ4v) is 2.12. The van der Waals surface area contributed by atoms with Gasteiger partial charge in [-0.15, -0.1) is 0 Å². The second-order valence-electron chi connectivity index (χ2n) is 4.45. The highest BCUT2D eigenvalue weighted by Gasteiger charge is 2.20. The molecule has 1 aliphatic carbocycles. The molecule has 2 rings (SSSR count). The van der Waals surface area contributed by atoms with Gasteiger partial charge in [0, 0.05) is 11.5 Å². The molecule has 1 aromatic carbocycles. The quantitative estimate of drug-likeness (QED) is 0.668. The predicted octanol–water partition coefficient (Wildman–Crippen LogP) is 3.48. The summed E-state index contributed by atoms with van der Waals surface area (Å²) < 4.78 is 0. The van der Waals surface area contributed by atoms with Crippen LogP contribution in [0.2, 0.25) is 0 Å². The van der Waals surface area contributed by atoms with Gasteiger partial charge in [-0.1, -0.05) is 38.1 Å². The lowest BCUT2D eigenvalue weighted by Gasteiger charge is -2.11. The normalized spacial score (nSPS) is 14.0. The van der Waals surface area contributed by atoms with E-state index >= 15 is 0 Å². The molecule has 0 N–H and O–H groups in total. The summed E-state index contributed by atoms with van der Waals surface area (Å²) in [4.78, 5) is 12.0. The molecule has 0 saturated carbocycles. The van der Waals surface area contributed by atoms with Crippen LogP contribution in [-0.2, 0) is 6.42 Å². The fraction of sp³-hybridized carbons (Fsp3) is 0.357. The standard InChI is InChI=1S/C14H16O/c1-9(2)14(15)12-6-4-5-11-8-7-10(3)13(11)12/h4-7,9H,8H2,1-3H3. The summed E-state index contributed by atoms with van der Waals surface area (Å²) in [6, 6.07) is 6.05. The summed E-state index contributed by atoms with van der Waals surface area (Å²) in [7, 11) is 0. The van der Waals surface area contributed by atoms with E-state index < -0.39 is 0 Å². The van der Waals surface area contributed by atoms with E-state index in [2.05, 4.69) is 19.1 Å². The van der Waals surface area contributed by atoms with Crippen molar-refractivity contribution >= 4 is 11.4 Å². The number of hydrogen-bond donors (Lipinski definition) is 0. The van der Waals surface area contributed by atoms with Crippen LogP contribution >= 0.6 is 0 Å². The Morgan fingerprint density at radius 3 is 2.73 bits per heavy atom. The van der Waals surface area contributed by atoms with Crippen molar-refractivity contribution in [2.75, 3.05) is 0 Å². The molecule has 1 nitrogen and oxygen atoms in total. The molecule has 0 bridgehead atoms. The molecule has 0 fully saturated rings. The first-order valence-electron chi connectivity index (χ1n) is 5.44. The number of benzene rings is 1. The third-order valence-corrected chi connectivity index (χ3v) is 2.96. The van der Waals surface area contributed by atoms with Gasteiger partial charge in [0.1, 0.15) is 0 Å². The average molecular weight is 200 g/mol. The first-order chi connectivity index (χ1) is 7.11. The van der Waals surface area contributed by atoms with Crippen molar-refractivity contribution in [2.45, 2.75) is 27.2 Å². The molecule has 1 aliphatic rings.